The van der Waals surface area contributed by atoms with E-state index < -0.39 is 11.9 Å². The molecule has 0 heterocycles. The van der Waals surface area contributed by atoms with Gasteiger partial charge in [0.25, 0.3) is 0 Å². The monoisotopic (exact) mass is 689 g/mol. The van der Waals surface area contributed by atoms with Crippen LogP contribution in [0, 0.1) is 5.92 Å². The van der Waals surface area contributed by atoms with E-state index in [9.17, 15) is 9.59 Å². The number of esters is 2. The number of carbonyl (C=O) groups excluding carboxylic acids is 2. The summed E-state index contributed by atoms with van der Waals surface area (Å²) >= 11 is 16.0. The van der Waals surface area contributed by atoms with Gasteiger partial charge in [0.2, 0.25) is 0 Å². The van der Waals surface area contributed by atoms with E-state index in [0.29, 0.717) is 49.3 Å². The summed E-state index contributed by atoms with van der Waals surface area (Å²) < 4.78 is 11.4. The number of nitrogens with one attached hydrogen (secondary N) is 2. The van der Waals surface area contributed by atoms with Gasteiger partial charge in [0.05, 0.1) is 33.4 Å². The van der Waals surface area contributed by atoms with Crippen LogP contribution in [0.5, 0.6) is 0 Å². The zero-order chi connectivity index (χ0) is 30.6. The minimum Gasteiger partial charge on any atom is -0.462 e. The summed E-state index contributed by atoms with van der Waals surface area (Å²) in [5.74, 6) is -0.108. The number of ether oxygens (including phenoxy) is 2. The molecular formula is C33H38BrCl2N3O4. The molecule has 0 bridgehead atoms. The highest BCUT2D eigenvalue weighted by Crippen LogP contribution is 2.34. The Morgan fingerprint density at radius 3 is 2.42 bits per heavy atom. The smallest absolute Gasteiger partial charge is 0.338 e. The van der Waals surface area contributed by atoms with E-state index in [-0.39, 0.29) is 19.6 Å². The van der Waals surface area contributed by atoms with Crippen LogP contribution in [0.4, 0.5) is 17.1 Å². The molecule has 0 radical (unpaired) electrons. The topological polar surface area (TPSA) is 103 Å². The lowest BCUT2D eigenvalue weighted by molar-refractivity contribution is -0.143. The molecule has 1 aliphatic rings. The molecule has 1 saturated carbocycles. The fourth-order valence-electron chi connectivity index (χ4n) is 5.28. The summed E-state index contributed by atoms with van der Waals surface area (Å²) in [5, 5.41) is 7.59. The highest BCUT2D eigenvalue weighted by molar-refractivity contribution is 9.10. The number of rotatable bonds is 14. The van der Waals surface area contributed by atoms with Crippen molar-refractivity contribution < 1.29 is 19.1 Å². The summed E-state index contributed by atoms with van der Waals surface area (Å²) in [6.07, 6.45) is 9.21. The van der Waals surface area contributed by atoms with Crippen molar-refractivity contribution in [2.24, 2.45) is 5.92 Å². The highest BCUT2D eigenvalue weighted by Gasteiger charge is 2.16. The maximum Gasteiger partial charge on any atom is 0.338 e. The zero-order valence-corrected chi connectivity index (χ0v) is 27.2. The van der Waals surface area contributed by atoms with Gasteiger partial charge >= 0.3 is 11.9 Å². The third-order valence-electron chi connectivity index (χ3n) is 7.61. The number of nitrogens with two attached hydrogens (primary N) is 1. The van der Waals surface area contributed by atoms with Gasteiger partial charge in [0, 0.05) is 16.7 Å². The number of hydrogen-bond acceptors (Lipinski definition) is 7. The largest absolute Gasteiger partial charge is 0.462 e. The molecule has 4 N–H and O–H groups in total. The van der Waals surface area contributed by atoms with E-state index in [1.54, 1.807) is 30.3 Å². The van der Waals surface area contributed by atoms with E-state index in [2.05, 4.69) is 26.6 Å². The maximum atomic E-state index is 12.7. The number of halogens is 3. The van der Waals surface area contributed by atoms with Gasteiger partial charge in [-0.2, -0.15) is 0 Å². The Morgan fingerprint density at radius 2 is 1.65 bits per heavy atom. The first-order valence-electron chi connectivity index (χ1n) is 14.7. The van der Waals surface area contributed by atoms with Crippen LogP contribution < -0.4 is 16.4 Å². The molecule has 7 nitrogen and oxygen atoms in total. The van der Waals surface area contributed by atoms with Gasteiger partial charge in [-0.3, -0.25) is 4.79 Å². The normalized spacial score (nSPS) is 13.5. The highest BCUT2D eigenvalue weighted by atomic mass is 79.9. The average molecular weight is 691 g/mol. The number of anilines is 3. The number of para-hydroxylation sites is 2. The second kappa shape index (κ2) is 16.9. The molecule has 0 atom stereocenters. The fraction of sp³-hybridized carbons (Fsp3) is 0.394. The van der Waals surface area contributed by atoms with Crippen LogP contribution in [-0.4, -0.2) is 31.7 Å². The van der Waals surface area contributed by atoms with Crippen molar-refractivity contribution in [1.82, 2.24) is 5.32 Å². The van der Waals surface area contributed by atoms with Crippen molar-refractivity contribution in [3.05, 3.63) is 85.8 Å². The Morgan fingerprint density at radius 1 is 0.930 bits per heavy atom. The van der Waals surface area contributed by atoms with Crippen LogP contribution in [0.1, 0.15) is 66.4 Å². The van der Waals surface area contributed by atoms with E-state index in [1.165, 1.54) is 38.5 Å². The van der Waals surface area contributed by atoms with Gasteiger partial charge in [-0.15, -0.1) is 0 Å². The van der Waals surface area contributed by atoms with Crippen LogP contribution in [0.2, 0.25) is 10.0 Å². The van der Waals surface area contributed by atoms with Crippen LogP contribution in [-0.2, 0) is 27.2 Å². The zero-order valence-electron chi connectivity index (χ0n) is 24.1. The first kappa shape index (κ1) is 33.1. The van der Waals surface area contributed by atoms with Gasteiger partial charge in [-0.1, -0.05) is 79.6 Å². The van der Waals surface area contributed by atoms with Gasteiger partial charge in [0.15, 0.2) is 0 Å². The molecule has 0 spiro atoms. The predicted octanol–water partition coefficient (Wildman–Crippen LogP) is 8.47. The van der Waals surface area contributed by atoms with E-state index in [1.807, 2.05) is 24.3 Å². The quantitative estimate of drug-likeness (QED) is 0.0886. The van der Waals surface area contributed by atoms with E-state index >= 15 is 0 Å². The fourth-order valence-corrected chi connectivity index (χ4v) is 6.27. The van der Waals surface area contributed by atoms with Gasteiger partial charge in [0.1, 0.15) is 13.2 Å². The number of carbonyl (C=O) groups is 2. The van der Waals surface area contributed by atoms with Gasteiger partial charge < -0.3 is 25.8 Å². The van der Waals surface area contributed by atoms with Crippen molar-refractivity contribution in [2.75, 3.05) is 30.8 Å². The molecular weight excluding hydrogens is 653 g/mol. The molecule has 1 aliphatic carbocycles. The maximum absolute atomic E-state index is 12.7. The molecule has 3 aromatic rings. The summed E-state index contributed by atoms with van der Waals surface area (Å²) in [4.78, 5) is 25.3. The number of benzene rings is 3. The Labute approximate surface area is 271 Å². The number of nitrogen functional groups attached to an aromatic ring is 1. The average Bonchev–Trinajstić information content (AvgIpc) is 3.00. The molecule has 1 fully saturated rings. The minimum absolute atomic E-state index is 0.0150. The Bertz CT molecular complexity index is 1380. The molecule has 43 heavy (non-hydrogen) atoms. The Balaban J connectivity index is 1.21. The summed E-state index contributed by atoms with van der Waals surface area (Å²) in [5.41, 5.74) is 10.0. The molecule has 3 aromatic carbocycles. The second-order valence-electron chi connectivity index (χ2n) is 10.8. The number of hydrogen-bond donors (Lipinski definition) is 3. The minimum atomic E-state index is -0.513. The van der Waals surface area contributed by atoms with Crippen molar-refractivity contribution in [3.8, 4) is 0 Å². The molecule has 0 aromatic heterocycles. The predicted molar refractivity (Wildman–Crippen MR) is 177 cm³/mol. The van der Waals surface area contributed by atoms with Crippen LogP contribution in [0.3, 0.4) is 0 Å². The lowest BCUT2D eigenvalue weighted by Crippen LogP contribution is -2.19. The molecule has 0 aliphatic heterocycles. The Hall–Kier alpha value is -2.78. The SMILES string of the molecule is Nc1c(Br)cc(C(=O)OCCOC(=O)Cc2ccccc2Nc2c(Cl)cccc2Cl)cc1CNCCCC1CCCCC1. The summed E-state index contributed by atoms with van der Waals surface area (Å²) in [6, 6.07) is 15.9. The van der Waals surface area contributed by atoms with Crippen LogP contribution >= 0.6 is 39.1 Å². The third kappa shape index (κ3) is 10.1. The van der Waals surface area contributed by atoms with E-state index in [4.69, 9.17) is 38.4 Å². The molecule has 0 unspecified atom stereocenters. The Kier molecular flexibility index (Phi) is 13.0. The summed E-state index contributed by atoms with van der Waals surface area (Å²) in [7, 11) is 0. The third-order valence-corrected chi connectivity index (χ3v) is 8.90. The van der Waals surface area contributed by atoms with Crippen molar-refractivity contribution in [1.29, 1.82) is 0 Å². The second-order valence-corrected chi connectivity index (χ2v) is 12.4. The van der Waals surface area contributed by atoms with Gasteiger partial charge in [-0.05, 0) is 82.7 Å². The first-order valence-corrected chi connectivity index (χ1v) is 16.3. The lowest BCUT2D eigenvalue weighted by atomic mass is 9.86. The van der Waals surface area contributed by atoms with Crippen LogP contribution in [0.25, 0.3) is 0 Å². The molecule has 0 saturated heterocycles. The molecule has 230 valence electrons. The standard InChI is InChI=1S/C33H38BrCl2N3O4/c34-26-19-24(18-25(31(26)37)21-38-15-7-10-22-8-2-1-3-9-22)33(41)43-17-16-42-30(40)20-23-11-4-5-14-29(23)39-32-27(35)12-6-13-28(32)36/h4-6,11-14,18-19,22,38-39H,1-3,7-10,15-17,20-21,37H2. The molecule has 0 amide bonds. The van der Waals surface area contributed by atoms with Crippen molar-refractivity contribution in [3.63, 3.8) is 0 Å². The van der Waals surface area contributed by atoms with Crippen molar-refractivity contribution in [2.45, 2.75) is 57.9 Å². The molecule has 4 rings (SSSR count). The van der Waals surface area contributed by atoms with Crippen molar-refractivity contribution >= 4 is 68.1 Å². The van der Waals surface area contributed by atoms with E-state index in [0.717, 1.165) is 24.4 Å². The lowest BCUT2D eigenvalue weighted by Gasteiger charge is -2.21. The van der Waals surface area contributed by atoms with Gasteiger partial charge in [-0.25, -0.2) is 4.79 Å². The van der Waals surface area contributed by atoms with Crippen LogP contribution in [0.15, 0.2) is 59.1 Å². The molecule has 10 heteroatoms. The summed E-state index contributed by atoms with van der Waals surface area (Å²) in [6.45, 7) is 1.33. The first-order chi connectivity index (χ1) is 20.8.